The predicted molar refractivity (Wildman–Crippen MR) is 61.4 cm³/mol. The van der Waals surface area contributed by atoms with Crippen molar-refractivity contribution in [3.8, 4) is 0 Å². The van der Waals surface area contributed by atoms with E-state index in [4.69, 9.17) is 14.8 Å². The Morgan fingerprint density at radius 3 is 1.63 bits per heavy atom. The number of nitrogens with zero attached hydrogens (tertiary/aromatic N) is 1. The molecule has 12 heteroatoms. The summed E-state index contributed by atoms with van der Waals surface area (Å²) in [5.41, 5.74) is 0. The number of hydrogen-bond acceptors (Lipinski definition) is 6. The highest BCUT2D eigenvalue weighted by molar-refractivity contribution is 8.08. The summed E-state index contributed by atoms with van der Waals surface area (Å²) in [6.45, 7) is -1.15. The normalized spacial score (nSPS) is 16.6. The maximum atomic E-state index is 11.6. The second kappa shape index (κ2) is 4.70. The number of carboxylic acid groups (broad SMARTS) is 2. The van der Waals surface area contributed by atoms with E-state index in [1.807, 2.05) is 0 Å². The molecule has 1 atom stereocenters. The van der Waals surface area contributed by atoms with Gasteiger partial charge in [0.1, 0.15) is 0 Å². The molecule has 0 aliphatic rings. The third-order valence-corrected chi connectivity index (χ3v) is 7.03. The molecule has 0 fully saturated rings. The maximum Gasteiger partial charge on any atom is 0.419 e. The largest absolute Gasteiger partial charge is 0.477 e. The first-order valence-corrected chi connectivity index (χ1v) is 7.89. The molecule has 19 heavy (non-hydrogen) atoms. The lowest BCUT2D eigenvalue weighted by Gasteiger charge is -2.39. The van der Waals surface area contributed by atoms with Crippen LogP contribution in [-0.2, 0) is 29.5 Å². The van der Waals surface area contributed by atoms with E-state index in [1.165, 1.54) is 0 Å². The Bertz CT molecular complexity index is 568. The van der Waals surface area contributed by atoms with Crippen LogP contribution in [0.2, 0.25) is 0 Å². The number of rotatable bonds is 6. The molecule has 0 heterocycles. The molecule has 0 aromatic rings. The van der Waals surface area contributed by atoms with E-state index in [1.54, 1.807) is 0 Å². The zero-order valence-electron chi connectivity index (χ0n) is 10.3. The molecule has 0 saturated heterocycles. The van der Waals surface area contributed by atoms with Crippen LogP contribution >= 0.6 is 0 Å². The maximum absolute atomic E-state index is 11.6. The molecular weight excluding hydrogens is 306 g/mol. The van der Waals surface area contributed by atoms with Crippen molar-refractivity contribution in [1.82, 2.24) is 0 Å². The molecule has 0 amide bonds. The molecule has 0 saturated carbocycles. The lowest BCUT2D eigenvalue weighted by Crippen LogP contribution is -2.72. The number of likely N-dealkylation sites (N-methyl/N-ethyl adjacent to an activating group) is 1. The zero-order chi connectivity index (χ0) is 15.9. The van der Waals surface area contributed by atoms with Gasteiger partial charge in [0.15, 0.2) is 6.54 Å². The summed E-state index contributed by atoms with van der Waals surface area (Å²) in [4.78, 5) is 21.9. The van der Waals surface area contributed by atoms with Crippen LogP contribution < -0.4 is 0 Å². The number of hydrogen-bond donors (Lipinski definition) is 3. The first-order valence-electron chi connectivity index (χ1n) is 4.56. The molecule has 0 aromatic heterocycles. The zero-order valence-corrected chi connectivity index (χ0v) is 11.9. The van der Waals surface area contributed by atoms with Crippen LogP contribution in [0, 0.1) is 0 Å². The van der Waals surface area contributed by atoms with Crippen LogP contribution in [-0.4, -0.2) is 79.1 Å². The van der Waals surface area contributed by atoms with E-state index in [2.05, 4.69) is 0 Å². The van der Waals surface area contributed by atoms with Gasteiger partial charge < -0.3 is 10.2 Å². The van der Waals surface area contributed by atoms with Gasteiger partial charge in [0.2, 0.25) is 9.84 Å². The van der Waals surface area contributed by atoms with Gasteiger partial charge in [-0.05, 0) is 0 Å². The fraction of sp³-hybridized carbons (Fsp3) is 0.714. The Kier molecular flexibility index (Phi) is 4.39. The quantitative estimate of drug-likeness (QED) is 0.364. The average Bonchev–Trinajstić information content (AvgIpc) is 1.91. The van der Waals surface area contributed by atoms with Gasteiger partial charge in [-0.15, -0.1) is 0 Å². The number of carbonyl (C=O) groups is 2. The summed E-state index contributed by atoms with van der Waals surface area (Å²) >= 11 is 0. The van der Waals surface area contributed by atoms with E-state index in [9.17, 15) is 26.4 Å². The van der Waals surface area contributed by atoms with Crippen LogP contribution in [0.1, 0.15) is 0 Å². The third kappa shape index (κ3) is 2.70. The van der Waals surface area contributed by atoms with Crippen LogP contribution in [0.15, 0.2) is 0 Å². The van der Waals surface area contributed by atoms with Gasteiger partial charge in [-0.3, -0.25) is 9.04 Å². The van der Waals surface area contributed by atoms with Crippen molar-refractivity contribution in [2.24, 2.45) is 0 Å². The van der Waals surface area contributed by atoms with Crippen LogP contribution in [0.25, 0.3) is 0 Å². The second-order valence-electron chi connectivity index (χ2n) is 4.37. The first kappa shape index (κ1) is 17.8. The summed E-state index contributed by atoms with van der Waals surface area (Å²) < 4.78 is 49.8. The summed E-state index contributed by atoms with van der Waals surface area (Å²) in [6, 6.07) is 0. The SMILES string of the molecule is C[N+](C)(CC(=O)O)C(C(=O)O)(S(C)(=O)=O)S(=O)(=O)O. The Hall–Kier alpha value is -1.24. The molecule has 3 N–H and O–H groups in total. The van der Waals surface area contributed by atoms with Crippen LogP contribution in [0.4, 0.5) is 0 Å². The molecular formula is C7H14NO9S2+. The van der Waals surface area contributed by atoms with Gasteiger partial charge in [0.25, 0.3) is 0 Å². The highest BCUT2D eigenvalue weighted by atomic mass is 32.3. The van der Waals surface area contributed by atoms with E-state index < -0.39 is 47.1 Å². The highest BCUT2D eigenvalue weighted by Gasteiger charge is 2.72. The van der Waals surface area contributed by atoms with Crippen molar-refractivity contribution < 1.29 is 45.7 Å². The van der Waals surface area contributed by atoms with E-state index in [0.717, 1.165) is 14.1 Å². The van der Waals surface area contributed by atoms with Crippen molar-refractivity contribution in [2.75, 3.05) is 26.9 Å². The molecule has 0 bridgehead atoms. The Labute approximate surface area is 109 Å². The van der Waals surface area contributed by atoms with Gasteiger partial charge in [0.05, 0.1) is 14.1 Å². The van der Waals surface area contributed by atoms with E-state index in [0.29, 0.717) is 0 Å². The standard InChI is InChI=1S/C7H13NO9S2/c1-8(2,4-5(9)10)7(6(11)12,18(3,13)14)19(15,16)17/h4H2,1-3H3,(H2-,9,10,11,12,15,16,17)/p+1. The summed E-state index contributed by atoms with van der Waals surface area (Å²) in [7, 11) is -9.06. The monoisotopic (exact) mass is 320 g/mol. The smallest absolute Gasteiger partial charge is 0.419 e. The molecule has 10 nitrogen and oxygen atoms in total. The van der Waals surface area contributed by atoms with Crippen molar-refractivity contribution in [3.05, 3.63) is 0 Å². The van der Waals surface area contributed by atoms with Gasteiger partial charge in [-0.25, -0.2) is 18.0 Å². The Morgan fingerprint density at radius 2 is 1.47 bits per heavy atom. The molecule has 0 spiro atoms. The van der Waals surface area contributed by atoms with Gasteiger partial charge in [0, 0.05) is 6.26 Å². The lowest BCUT2D eigenvalue weighted by molar-refractivity contribution is -0.896. The van der Waals surface area contributed by atoms with E-state index >= 15 is 0 Å². The second-order valence-corrected chi connectivity index (χ2v) is 8.31. The molecule has 0 aliphatic heterocycles. The van der Waals surface area contributed by atoms with Gasteiger partial charge in [-0.2, -0.15) is 8.42 Å². The molecule has 0 aromatic carbocycles. The Balaban J connectivity index is 6.71. The summed E-state index contributed by atoms with van der Waals surface area (Å²) in [6.07, 6.45) is 0.288. The molecule has 0 aliphatic carbocycles. The number of quaternary nitrogens is 1. The van der Waals surface area contributed by atoms with Crippen molar-refractivity contribution in [2.45, 2.75) is 4.20 Å². The number of carboxylic acids is 2. The fourth-order valence-corrected chi connectivity index (χ4v) is 5.64. The van der Waals surface area contributed by atoms with Crippen LogP contribution in [0.5, 0.6) is 0 Å². The molecule has 0 rings (SSSR count). The minimum atomic E-state index is -5.67. The molecule has 112 valence electrons. The minimum Gasteiger partial charge on any atom is -0.477 e. The van der Waals surface area contributed by atoms with Gasteiger partial charge >= 0.3 is 26.3 Å². The van der Waals surface area contributed by atoms with Gasteiger partial charge in [-0.1, -0.05) is 0 Å². The van der Waals surface area contributed by atoms with Crippen molar-refractivity contribution >= 4 is 31.9 Å². The van der Waals surface area contributed by atoms with Crippen molar-refractivity contribution in [1.29, 1.82) is 0 Å². The highest BCUT2D eigenvalue weighted by Crippen LogP contribution is 2.32. The summed E-state index contributed by atoms with van der Waals surface area (Å²) in [5.74, 6) is -4.02. The number of aliphatic carboxylic acids is 2. The average molecular weight is 320 g/mol. The first-order chi connectivity index (χ1) is 8.11. The van der Waals surface area contributed by atoms with Crippen molar-refractivity contribution in [3.63, 3.8) is 0 Å². The third-order valence-electron chi connectivity index (χ3n) is 2.45. The predicted octanol–water partition coefficient (Wildman–Crippen LogP) is -2.18. The topological polar surface area (TPSA) is 163 Å². The Morgan fingerprint density at radius 1 is 1.11 bits per heavy atom. The fourth-order valence-electron chi connectivity index (χ4n) is 1.92. The van der Waals surface area contributed by atoms with Crippen LogP contribution in [0.3, 0.4) is 0 Å². The molecule has 0 radical (unpaired) electrons. The summed E-state index contributed by atoms with van der Waals surface area (Å²) in [5, 5.41) is 17.7. The van der Waals surface area contributed by atoms with E-state index in [-0.39, 0.29) is 6.26 Å². The number of sulfone groups is 1. The molecule has 1 unspecified atom stereocenters. The lowest BCUT2D eigenvalue weighted by atomic mass is 10.4. The minimum absolute atomic E-state index is 0.288.